The van der Waals surface area contributed by atoms with Crippen molar-refractivity contribution in [3.05, 3.63) is 29.2 Å². The van der Waals surface area contributed by atoms with E-state index in [-0.39, 0.29) is 31.6 Å². The second-order valence-corrected chi connectivity index (χ2v) is 9.30. The normalized spacial score (nSPS) is 19.3. The van der Waals surface area contributed by atoms with Gasteiger partial charge in [-0.25, -0.2) is 4.98 Å². The van der Waals surface area contributed by atoms with E-state index in [1.807, 2.05) is 39.8 Å². The van der Waals surface area contributed by atoms with Crippen LogP contribution in [-0.4, -0.2) is 47.3 Å². The number of aryl methyl sites for hydroxylation is 2. The monoisotopic (exact) mass is 470 g/mol. The largest absolute Gasteiger partial charge is 0.389 e. The van der Waals surface area contributed by atoms with Crippen molar-refractivity contribution in [3.8, 4) is 10.4 Å². The number of halogens is 3. The predicted octanol–water partition coefficient (Wildman–Crippen LogP) is 4.78. The van der Waals surface area contributed by atoms with Crippen LogP contribution >= 0.6 is 11.3 Å². The van der Waals surface area contributed by atoms with Crippen molar-refractivity contribution in [1.29, 1.82) is 0 Å². The number of thiazole rings is 1. The lowest BCUT2D eigenvalue weighted by atomic mass is 10.1. The molecule has 3 rings (SSSR count). The summed E-state index contributed by atoms with van der Waals surface area (Å²) in [6, 6.07) is 3.95. The van der Waals surface area contributed by atoms with Gasteiger partial charge in [0.2, 0.25) is 5.91 Å². The third-order valence-electron chi connectivity index (χ3n) is 5.04. The molecule has 2 atom stereocenters. The average molecular weight is 471 g/mol. The van der Waals surface area contributed by atoms with E-state index in [2.05, 4.69) is 15.2 Å². The van der Waals surface area contributed by atoms with Gasteiger partial charge in [-0.05, 0) is 51.8 Å². The van der Waals surface area contributed by atoms with Crippen molar-refractivity contribution >= 4 is 22.4 Å². The zero-order valence-corrected chi connectivity index (χ0v) is 19.6. The van der Waals surface area contributed by atoms with Gasteiger partial charge in [-0.15, -0.1) is 0 Å². The third-order valence-corrected chi connectivity index (χ3v) is 6.24. The molecule has 2 aromatic rings. The predicted molar refractivity (Wildman–Crippen MR) is 119 cm³/mol. The van der Waals surface area contributed by atoms with E-state index in [9.17, 15) is 18.0 Å². The molecule has 0 unspecified atom stereocenters. The molecule has 2 aromatic heterocycles. The van der Waals surface area contributed by atoms with Crippen LogP contribution in [-0.2, 0) is 16.1 Å². The van der Waals surface area contributed by atoms with Crippen LogP contribution in [0.5, 0.6) is 0 Å². The molecule has 3 heterocycles. The molecule has 1 aliphatic rings. The number of ether oxygens (including phenoxy) is 1. The van der Waals surface area contributed by atoms with Crippen LogP contribution in [0.1, 0.15) is 50.2 Å². The number of carbonyl (C=O) groups excluding carboxylic acids is 1. The Morgan fingerprint density at radius 3 is 2.41 bits per heavy atom. The van der Waals surface area contributed by atoms with E-state index >= 15 is 0 Å². The summed E-state index contributed by atoms with van der Waals surface area (Å²) in [6.45, 7) is 9.48. The van der Waals surface area contributed by atoms with Gasteiger partial charge < -0.3 is 15.0 Å². The van der Waals surface area contributed by atoms with Crippen molar-refractivity contribution < 1.29 is 22.7 Å². The minimum atomic E-state index is -4.25. The standard InChI is InChI=1S/C22H29F3N4O2S/c1-13-8-17(9-14(2)27-13)20-18(10-26-19(30)6-5-7-22(23,24)25)28-21(32-20)29-11-15(3)31-16(4)12-29/h8-9,15-16H,5-7,10-12H2,1-4H3,(H,26,30)/t15-,16+. The second kappa shape index (κ2) is 10.2. The summed E-state index contributed by atoms with van der Waals surface area (Å²) in [4.78, 5) is 24.5. The number of anilines is 1. The summed E-state index contributed by atoms with van der Waals surface area (Å²) in [5.74, 6) is -0.412. The minimum Gasteiger partial charge on any atom is -0.372 e. The van der Waals surface area contributed by atoms with Gasteiger partial charge in [-0.3, -0.25) is 9.78 Å². The van der Waals surface area contributed by atoms with Crippen molar-refractivity contribution in [2.75, 3.05) is 18.0 Å². The number of nitrogens with zero attached hydrogens (tertiary/aromatic N) is 3. The first-order chi connectivity index (χ1) is 15.0. The van der Waals surface area contributed by atoms with Gasteiger partial charge in [0.25, 0.3) is 0 Å². The minimum absolute atomic E-state index is 0.0771. The van der Waals surface area contributed by atoms with Gasteiger partial charge in [0, 0.05) is 37.3 Å². The van der Waals surface area contributed by atoms with Gasteiger partial charge in [-0.2, -0.15) is 13.2 Å². The van der Waals surface area contributed by atoms with E-state index in [1.54, 1.807) is 11.3 Å². The maximum absolute atomic E-state index is 12.3. The van der Waals surface area contributed by atoms with E-state index < -0.39 is 18.5 Å². The highest BCUT2D eigenvalue weighted by Crippen LogP contribution is 2.36. The topological polar surface area (TPSA) is 67.3 Å². The van der Waals surface area contributed by atoms with E-state index in [4.69, 9.17) is 9.72 Å². The van der Waals surface area contributed by atoms with Crippen molar-refractivity contribution in [2.45, 2.75) is 71.9 Å². The Balaban J connectivity index is 1.80. The summed E-state index contributed by atoms with van der Waals surface area (Å²) in [7, 11) is 0. The molecule has 0 radical (unpaired) electrons. The quantitative estimate of drug-likeness (QED) is 0.631. The maximum Gasteiger partial charge on any atom is 0.389 e. The molecule has 0 saturated carbocycles. The van der Waals surface area contributed by atoms with Crippen LogP contribution in [0.3, 0.4) is 0 Å². The van der Waals surface area contributed by atoms with Gasteiger partial charge in [0.15, 0.2) is 5.13 Å². The summed E-state index contributed by atoms with van der Waals surface area (Å²) in [5.41, 5.74) is 3.43. The summed E-state index contributed by atoms with van der Waals surface area (Å²) >= 11 is 1.54. The molecule has 1 fully saturated rings. The number of nitrogens with one attached hydrogen (secondary N) is 1. The Kier molecular flexibility index (Phi) is 7.76. The first kappa shape index (κ1) is 24.4. The molecule has 0 spiro atoms. The molecule has 1 N–H and O–H groups in total. The summed E-state index contributed by atoms with van der Waals surface area (Å²) in [6.07, 6.45) is -5.45. The van der Waals surface area contributed by atoms with Crippen molar-refractivity contribution in [1.82, 2.24) is 15.3 Å². The molecule has 0 aromatic carbocycles. The van der Waals surface area contributed by atoms with E-state index in [0.717, 1.165) is 40.0 Å². The van der Waals surface area contributed by atoms with Gasteiger partial charge in [-0.1, -0.05) is 11.3 Å². The van der Waals surface area contributed by atoms with Crippen LogP contribution in [0.15, 0.2) is 12.1 Å². The van der Waals surface area contributed by atoms with Gasteiger partial charge >= 0.3 is 6.18 Å². The summed E-state index contributed by atoms with van der Waals surface area (Å²) < 4.78 is 42.8. The highest BCUT2D eigenvalue weighted by molar-refractivity contribution is 7.19. The van der Waals surface area contributed by atoms with Crippen LogP contribution in [0.4, 0.5) is 18.3 Å². The molecule has 1 saturated heterocycles. The lowest BCUT2D eigenvalue weighted by Crippen LogP contribution is -2.45. The number of hydrogen-bond acceptors (Lipinski definition) is 6. The molecular formula is C22H29F3N4O2S. The highest BCUT2D eigenvalue weighted by atomic mass is 32.1. The smallest absolute Gasteiger partial charge is 0.372 e. The number of carbonyl (C=O) groups is 1. The number of aromatic nitrogens is 2. The van der Waals surface area contributed by atoms with E-state index in [1.165, 1.54) is 0 Å². The number of pyridine rings is 1. The average Bonchev–Trinajstić information content (AvgIpc) is 3.08. The van der Waals surface area contributed by atoms with Crippen LogP contribution in [0.2, 0.25) is 0 Å². The molecule has 0 bridgehead atoms. The van der Waals surface area contributed by atoms with Crippen molar-refractivity contribution in [2.24, 2.45) is 0 Å². The Labute approximate surface area is 190 Å². The first-order valence-electron chi connectivity index (χ1n) is 10.7. The summed E-state index contributed by atoms with van der Waals surface area (Å²) in [5, 5.41) is 3.58. The van der Waals surface area contributed by atoms with Gasteiger partial charge in [0.1, 0.15) is 0 Å². The molecule has 32 heavy (non-hydrogen) atoms. The number of amides is 1. The van der Waals surface area contributed by atoms with Crippen LogP contribution in [0, 0.1) is 13.8 Å². The molecule has 10 heteroatoms. The first-order valence-corrected chi connectivity index (χ1v) is 11.5. The number of hydrogen-bond donors (Lipinski definition) is 1. The highest BCUT2D eigenvalue weighted by Gasteiger charge is 2.27. The zero-order valence-electron chi connectivity index (χ0n) is 18.8. The molecule has 6 nitrogen and oxygen atoms in total. The Hall–Kier alpha value is -2.20. The molecule has 0 aliphatic carbocycles. The fraction of sp³-hybridized carbons (Fsp3) is 0.591. The zero-order chi connectivity index (χ0) is 23.5. The Bertz CT molecular complexity index is 917. The Morgan fingerprint density at radius 1 is 1.19 bits per heavy atom. The fourth-order valence-electron chi connectivity index (χ4n) is 3.84. The SMILES string of the molecule is Cc1cc(-c2sc(N3C[C@@H](C)O[C@@H](C)C3)nc2CNC(=O)CCCC(F)(F)F)cc(C)n1. The third kappa shape index (κ3) is 6.90. The van der Waals surface area contributed by atoms with Crippen molar-refractivity contribution in [3.63, 3.8) is 0 Å². The van der Waals surface area contributed by atoms with Crippen LogP contribution < -0.4 is 10.2 Å². The number of alkyl halides is 3. The number of morpholine rings is 1. The van der Waals surface area contributed by atoms with Gasteiger partial charge in [0.05, 0.1) is 29.3 Å². The lowest BCUT2D eigenvalue weighted by Gasteiger charge is -2.35. The Morgan fingerprint density at radius 2 is 1.81 bits per heavy atom. The number of rotatable bonds is 7. The molecule has 176 valence electrons. The van der Waals surface area contributed by atoms with Crippen LogP contribution in [0.25, 0.3) is 10.4 Å². The molecular weight excluding hydrogens is 441 g/mol. The second-order valence-electron chi connectivity index (χ2n) is 8.32. The fourth-order valence-corrected chi connectivity index (χ4v) is 4.93. The maximum atomic E-state index is 12.3. The lowest BCUT2D eigenvalue weighted by molar-refractivity contribution is -0.137. The van der Waals surface area contributed by atoms with E-state index in [0.29, 0.717) is 5.69 Å². The molecule has 1 amide bonds. The molecule has 1 aliphatic heterocycles.